The third kappa shape index (κ3) is 1.77. The monoisotopic (exact) mass is 270 g/mol. The Balaban J connectivity index is 2.91. The van der Waals surface area contributed by atoms with Gasteiger partial charge in [0.15, 0.2) is 11.6 Å². The van der Waals surface area contributed by atoms with Crippen LogP contribution in [0.15, 0.2) is 47.8 Å². The number of aliphatic hydroxyl groups excluding tert-OH is 1. The quantitative estimate of drug-likeness (QED) is 0.810. The second-order valence-electron chi connectivity index (χ2n) is 4.79. The van der Waals surface area contributed by atoms with Crippen molar-refractivity contribution in [2.75, 3.05) is 0 Å². The number of allylic oxidation sites excluding steroid dienone is 3. The number of carbonyl (C=O) groups excluding carboxylic acids is 2. The molecule has 4 nitrogen and oxygen atoms in total. The number of phenols is 1. The molecule has 102 valence electrons. The molecular weight excluding hydrogens is 256 g/mol. The number of phenolic OH excluding ortho intramolecular Hbond substituents is 1. The number of aromatic hydroxyl groups is 1. The average Bonchev–Trinajstić information content (AvgIpc) is 2.35. The van der Waals surface area contributed by atoms with E-state index in [0.29, 0.717) is 11.1 Å². The maximum absolute atomic E-state index is 12.5. The SMILES string of the molecule is C=C(C)C1=C(C(=C)O)C(=O)c2c(C)ccc(O)c2C1=O. The Hall–Kier alpha value is -2.62. The van der Waals surface area contributed by atoms with Gasteiger partial charge >= 0.3 is 0 Å². The summed E-state index contributed by atoms with van der Waals surface area (Å²) in [5, 5.41) is 19.5. The number of carbonyl (C=O) groups is 2. The fourth-order valence-electron chi connectivity index (χ4n) is 2.38. The van der Waals surface area contributed by atoms with Crippen LogP contribution in [0, 0.1) is 6.92 Å². The first-order valence-electron chi connectivity index (χ1n) is 5.97. The lowest BCUT2D eigenvalue weighted by Gasteiger charge is -2.22. The molecule has 20 heavy (non-hydrogen) atoms. The van der Waals surface area contributed by atoms with E-state index in [1.165, 1.54) is 6.07 Å². The highest BCUT2D eigenvalue weighted by Gasteiger charge is 2.36. The summed E-state index contributed by atoms with van der Waals surface area (Å²) in [6.07, 6.45) is 0. The molecule has 0 saturated heterocycles. The Kier molecular flexibility index (Phi) is 3.10. The van der Waals surface area contributed by atoms with Gasteiger partial charge < -0.3 is 10.2 Å². The number of hydrogen-bond donors (Lipinski definition) is 2. The van der Waals surface area contributed by atoms with Crippen LogP contribution in [0.3, 0.4) is 0 Å². The van der Waals surface area contributed by atoms with Crippen molar-refractivity contribution in [3.63, 3.8) is 0 Å². The van der Waals surface area contributed by atoms with E-state index >= 15 is 0 Å². The van der Waals surface area contributed by atoms with Crippen LogP contribution in [0.2, 0.25) is 0 Å². The molecule has 0 atom stereocenters. The van der Waals surface area contributed by atoms with Crippen molar-refractivity contribution < 1.29 is 19.8 Å². The third-order valence-electron chi connectivity index (χ3n) is 3.27. The Labute approximate surface area is 116 Å². The lowest BCUT2D eigenvalue weighted by Crippen LogP contribution is -2.24. The van der Waals surface area contributed by atoms with Crippen LogP contribution < -0.4 is 0 Å². The van der Waals surface area contributed by atoms with Gasteiger partial charge in [-0.25, -0.2) is 0 Å². The van der Waals surface area contributed by atoms with E-state index in [2.05, 4.69) is 13.2 Å². The van der Waals surface area contributed by atoms with Crippen molar-refractivity contribution in [2.24, 2.45) is 0 Å². The van der Waals surface area contributed by atoms with Crippen molar-refractivity contribution >= 4 is 11.6 Å². The molecule has 2 N–H and O–H groups in total. The van der Waals surface area contributed by atoms with E-state index in [4.69, 9.17) is 0 Å². The first kappa shape index (κ1) is 13.8. The molecule has 0 fully saturated rings. The lowest BCUT2D eigenvalue weighted by atomic mass is 9.79. The molecule has 0 saturated carbocycles. The van der Waals surface area contributed by atoms with Crippen LogP contribution in [0.4, 0.5) is 0 Å². The highest BCUT2D eigenvalue weighted by atomic mass is 16.3. The zero-order valence-corrected chi connectivity index (χ0v) is 11.3. The average molecular weight is 270 g/mol. The number of ketones is 2. The summed E-state index contributed by atoms with van der Waals surface area (Å²) < 4.78 is 0. The van der Waals surface area contributed by atoms with Crippen molar-refractivity contribution in [1.29, 1.82) is 0 Å². The summed E-state index contributed by atoms with van der Waals surface area (Å²) in [5.74, 6) is -1.79. The molecule has 1 aliphatic carbocycles. The molecule has 0 bridgehead atoms. The van der Waals surface area contributed by atoms with Gasteiger partial charge in [0, 0.05) is 11.1 Å². The molecule has 0 aromatic heterocycles. The number of Topliss-reactive ketones (excluding diaryl/α,β-unsaturated/α-hetero) is 2. The summed E-state index contributed by atoms with van der Waals surface area (Å²) in [7, 11) is 0. The molecule has 1 aromatic rings. The summed E-state index contributed by atoms with van der Waals surface area (Å²) in [6, 6.07) is 2.91. The molecule has 0 unspecified atom stereocenters. The Morgan fingerprint density at radius 2 is 1.60 bits per heavy atom. The van der Waals surface area contributed by atoms with Crippen LogP contribution in [0.25, 0.3) is 0 Å². The van der Waals surface area contributed by atoms with Gasteiger partial charge in [-0.3, -0.25) is 9.59 Å². The smallest absolute Gasteiger partial charge is 0.198 e. The first-order valence-corrected chi connectivity index (χ1v) is 5.97. The molecular formula is C16H14O4. The van der Waals surface area contributed by atoms with E-state index < -0.39 is 17.3 Å². The summed E-state index contributed by atoms with van der Waals surface area (Å²) in [4.78, 5) is 25.0. The van der Waals surface area contributed by atoms with E-state index in [1.54, 1.807) is 19.9 Å². The van der Waals surface area contributed by atoms with E-state index in [9.17, 15) is 19.8 Å². The van der Waals surface area contributed by atoms with Gasteiger partial charge in [0.25, 0.3) is 0 Å². The second kappa shape index (κ2) is 4.49. The standard InChI is InChI=1S/C16H14O4/c1-7(2)11-13(9(4)17)16(20)12-8(3)5-6-10(18)14(12)15(11)19/h5-6,17-18H,1,4H2,2-3H3. The highest BCUT2D eigenvalue weighted by Crippen LogP contribution is 2.37. The highest BCUT2D eigenvalue weighted by molar-refractivity contribution is 6.31. The van der Waals surface area contributed by atoms with Crippen LogP contribution in [0.1, 0.15) is 33.2 Å². The number of aliphatic hydroxyl groups is 1. The second-order valence-corrected chi connectivity index (χ2v) is 4.79. The van der Waals surface area contributed by atoms with Crippen molar-refractivity contribution in [2.45, 2.75) is 13.8 Å². The fraction of sp³-hybridized carbons (Fsp3) is 0.125. The molecule has 0 amide bonds. The zero-order valence-electron chi connectivity index (χ0n) is 11.3. The maximum Gasteiger partial charge on any atom is 0.198 e. The minimum absolute atomic E-state index is 0.00380. The molecule has 2 rings (SSSR count). The van der Waals surface area contributed by atoms with Gasteiger partial charge in [-0.05, 0) is 31.1 Å². The van der Waals surface area contributed by atoms with Crippen molar-refractivity contribution in [1.82, 2.24) is 0 Å². The minimum atomic E-state index is -0.529. The molecule has 1 aromatic carbocycles. The van der Waals surface area contributed by atoms with Gasteiger partial charge in [-0.2, -0.15) is 0 Å². The molecule has 4 heteroatoms. The Morgan fingerprint density at radius 1 is 1.05 bits per heavy atom. The predicted molar refractivity (Wildman–Crippen MR) is 75.1 cm³/mol. The summed E-state index contributed by atoms with van der Waals surface area (Å²) >= 11 is 0. The molecule has 1 aliphatic rings. The number of benzene rings is 1. The molecule has 0 spiro atoms. The summed E-state index contributed by atoms with van der Waals surface area (Å²) in [6.45, 7) is 10.2. The van der Waals surface area contributed by atoms with E-state index in [-0.39, 0.29) is 28.0 Å². The predicted octanol–water partition coefficient (Wildman–Crippen LogP) is 3.02. The normalized spacial score (nSPS) is 14.3. The topological polar surface area (TPSA) is 74.6 Å². The van der Waals surface area contributed by atoms with Crippen molar-refractivity contribution in [3.05, 3.63) is 64.5 Å². The van der Waals surface area contributed by atoms with Gasteiger partial charge in [0.05, 0.1) is 11.1 Å². The van der Waals surface area contributed by atoms with Crippen LogP contribution in [-0.2, 0) is 0 Å². The summed E-state index contributed by atoms with van der Waals surface area (Å²) in [5.41, 5.74) is 0.790. The molecule has 0 radical (unpaired) electrons. The van der Waals surface area contributed by atoms with E-state index in [0.717, 1.165) is 0 Å². The van der Waals surface area contributed by atoms with Crippen LogP contribution in [-0.4, -0.2) is 21.8 Å². The van der Waals surface area contributed by atoms with Crippen LogP contribution in [0.5, 0.6) is 5.75 Å². The number of rotatable bonds is 2. The van der Waals surface area contributed by atoms with Gasteiger partial charge in [0.1, 0.15) is 11.5 Å². The molecule has 0 heterocycles. The maximum atomic E-state index is 12.5. The lowest BCUT2D eigenvalue weighted by molar-refractivity contribution is 0.0970. The third-order valence-corrected chi connectivity index (χ3v) is 3.27. The first-order chi connectivity index (χ1) is 9.27. The molecule has 0 aliphatic heterocycles. The van der Waals surface area contributed by atoms with Gasteiger partial charge in [-0.1, -0.05) is 19.2 Å². The van der Waals surface area contributed by atoms with Crippen molar-refractivity contribution in [3.8, 4) is 5.75 Å². The minimum Gasteiger partial charge on any atom is -0.508 e. The number of aryl methyl sites for hydroxylation is 1. The number of hydrogen-bond acceptors (Lipinski definition) is 4. The largest absolute Gasteiger partial charge is 0.508 e. The number of fused-ring (bicyclic) bond motifs is 1. The van der Waals surface area contributed by atoms with E-state index in [1.807, 2.05) is 0 Å². The van der Waals surface area contributed by atoms with Crippen LogP contribution >= 0.6 is 0 Å². The Bertz CT molecular complexity index is 659. The van der Waals surface area contributed by atoms with Gasteiger partial charge in [-0.15, -0.1) is 0 Å². The zero-order chi connectivity index (χ0) is 15.2. The van der Waals surface area contributed by atoms with Gasteiger partial charge in [0.2, 0.25) is 0 Å². The fourth-order valence-corrected chi connectivity index (χ4v) is 2.38. The Morgan fingerprint density at radius 3 is 2.10 bits per heavy atom.